The monoisotopic (exact) mass is 592 g/mol. The van der Waals surface area contributed by atoms with Crippen molar-refractivity contribution in [2.75, 3.05) is 0 Å². The molecule has 40 heavy (non-hydrogen) atoms. The maximum atomic E-state index is 11.5. The average molecular weight is 594 g/mol. The lowest BCUT2D eigenvalue weighted by Crippen LogP contribution is -2.09. The summed E-state index contributed by atoms with van der Waals surface area (Å²) in [7, 11) is 0. The van der Waals surface area contributed by atoms with E-state index < -0.39 is 11.4 Å². The molecule has 9 heteroatoms. The molecule has 1 aromatic heterocycles. The zero-order chi connectivity index (χ0) is 28.2. The SMILES string of the molecule is Cc1ccc(C(=O)O)cc1C1CC1(C#N)c1ccc(OCc2c(-c3c(Cl)cccc3Cl)noc2C2CC2)cc1Cl. The third kappa shape index (κ3) is 4.62. The van der Waals surface area contributed by atoms with Crippen LogP contribution >= 0.6 is 34.8 Å². The summed E-state index contributed by atoms with van der Waals surface area (Å²) in [5.74, 6) is 0.445. The molecule has 0 aliphatic heterocycles. The van der Waals surface area contributed by atoms with Crippen LogP contribution in [0, 0.1) is 18.3 Å². The van der Waals surface area contributed by atoms with E-state index in [2.05, 4.69) is 11.2 Å². The number of benzene rings is 3. The van der Waals surface area contributed by atoms with Crippen molar-refractivity contribution in [3.8, 4) is 23.1 Å². The average Bonchev–Trinajstić information content (AvgIpc) is 3.85. The summed E-state index contributed by atoms with van der Waals surface area (Å²) in [5.41, 5.74) is 3.81. The van der Waals surface area contributed by atoms with Crippen molar-refractivity contribution >= 4 is 40.8 Å². The van der Waals surface area contributed by atoms with Gasteiger partial charge in [-0.2, -0.15) is 5.26 Å². The third-order valence-corrected chi connectivity index (χ3v) is 8.78. The van der Waals surface area contributed by atoms with Gasteiger partial charge in [0.1, 0.15) is 23.8 Å². The molecule has 3 aromatic carbocycles. The van der Waals surface area contributed by atoms with Crippen LogP contribution in [-0.2, 0) is 12.0 Å². The second kappa shape index (κ2) is 10.2. The lowest BCUT2D eigenvalue weighted by molar-refractivity contribution is 0.0696. The first-order valence-electron chi connectivity index (χ1n) is 12.8. The minimum Gasteiger partial charge on any atom is -0.489 e. The fourth-order valence-electron chi connectivity index (χ4n) is 5.42. The third-order valence-electron chi connectivity index (χ3n) is 7.83. The second-order valence-electron chi connectivity index (χ2n) is 10.4. The Hall–Kier alpha value is -3.50. The van der Waals surface area contributed by atoms with Gasteiger partial charge in [0.2, 0.25) is 0 Å². The van der Waals surface area contributed by atoms with E-state index in [4.69, 9.17) is 44.1 Å². The lowest BCUT2D eigenvalue weighted by atomic mass is 9.90. The van der Waals surface area contributed by atoms with Gasteiger partial charge >= 0.3 is 5.97 Å². The van der Waals surface area contributed by atoms with Crippen molar-refractivity contribution in [1.82, 2.24) is 5.16 Å². The molecule has 0 bridgehead atoms. The number of carboxylic acids is 1. The normalized spacial score (nSPS) is 19.7. The summed E-state index contributed by atoms with van der Waals surface area (Å²) in [6.07, 6.45) is 2.59. The number of ether oxygens (including phenoxy) is 1. The number of nitriles is 1. The second-order valence-corrected chi connectivity index (χ2v) is 11.6. The molecule has 1 N–H and O–H groups in total. The smallest absolute Gasteiger partial charge is 0.335 e. The molecule has 0 amide bonds. The van der Waals surface area contributed by atoms with Gasteiger partial charge in [-0.1, -0.05) is 58.2 Å². The van der Waals surface area contributed by atoms with Gasteiger partial charge in [0.15, 0.2) is 0 Å². The van der Waals surface area contributed by atoms with Gasteiger partial charge in [-0.25, -0.2) is 4.79 Å². The molecule has 2 aliphatic rings. The van der Waals surface area contributed by atoms with Gasteiger partial charge in [-0.3, -0.25) is 0 Å². The van der Waals surface area contributed by atoms with Crippen LogP contribution in [0.25, 0.3) is 11.3 Å². The number of hydrogen-bond donors (Lipinski definition) is 1. The van der Waals surface area contributed by atoms with Crippen molar-refractivity contribution in [2.45, 2.75) is 50.0 Å². The zero-order valence-corrected chi connectivity index (χ0v) is 23.6. The molecule has 0 radical (unpaired) electrons. The fourth-order valence-corrected chi connectivity index (χ4v) is 6.34. The summed E-state index contributed by atoms with van der Waals surface area (Å²) < 4.78 is 11.9. The van der Waals surface area contributed by atoms with Crippen LogP contribution in [0.2, 0.25) is 15.1 Å². The molecule has 2 atom stereocenters. The van der Waals surface area contributed by atoms with Crippen LogP contribution in [0.4, 0.5) is 0 Å². The molecule has 4 aromatic rings. The number of carboxylic acid groups (broad SMARTS) is 1. The molecule has 0 saturated heterocycles. The Balaban J connectivity index is 1.27. The van der Waals surface area contributed by atoms with Crippen LogP contribution in [0.3, 0.4) is 0 Å². The van der Waals surface area contributed by atoms with Gasteiger partial charge < -0.3 is 14.4 Å². The summed E-state index contributed by atoms with van der Waals surface area (Å²) in [6, 6.07) is 18.1. The van der Waals surface area contributed by atoms with Gasteiger partial charge in [0, 0.05) is 22.4 Å². The largest absolute Gasteiger partial charge is 0.489 e. The van der Waals surface area contributed by atoms with Gasteiger partial charge in [-0.05, 0) is 79.3 Å². The van der Waals surface area contributed by atoms with E-state index in [1.807, 2.05) is 13.0 Å². The minimum atomic E-state index is -0.998. The van der Waals surface area contributed by atoms with E-state index in [9.17, 15) is 15.2 Å². The van der Waals surface area contributed by atoms with Gasteiger partial charge in [0.05, 0.1) is 32.7 Å². The Labute approximate surface area is 246 Å². The molecule has 6 nitrogen and oxygen atoms in total. The molecule has 2 saturated carbocycles. The highest BCUT2D eigenvalue weighted by Crippen LogP contribution is 2.62. The van der Waals surface area contributed by atoms with E-state index in [1.54, 1.807) is 48.5 Å². The lowest BCUT2D eigenvalue weighted by Gasteiger charge is -2.15. The minimum absolute atomic E-state index is 0.151. The summed E-state index contributed by atoms with van der Waals surface area (Å²) >= 11 is 19.7. The van der Waals surface area contributed by atoms with E-state index >= 15 is 0 Å². The highest BCUT2D eigenvalue weighted by Gasteiger charge is 2.58. The van der Waals surface area contributed by atoms with Gasteiger partial charge in [-0.15, -0.1) is 0 Å². The Kier molecular flexibility index (Phi) is 6.78. The molecule has 1 heterocycles. The first-order valence-corrected chi connectivity index (χ1v) is 14.0. The topological polar surface area (TPSA) is 96.3 Å². The van der Waals surface area contributed by atoms with Crippen LogP contribution < -0.4 is 4.74 Å². The molecular weight excluding hydrogens is 571 g/mol. The maximum absolute atomic E-state index is 11.5. The Morgan fingerprint density at radius 3 is 2.52 bits per heavy atom. The van der Waals surface area contributed by atoms with Crippen LogP contribution in [-0.4, -0.2) is 16.2 Å². The number of halogens is 3. The number of aromatic carboxylic acids is 1. The van der Waals surface area contributed by atoms with E-state index in [0.717, 1.165) is 35.3 Å². The van der Waals surface area contributed by atoms with E-state index in [1.165, 1.54) is 0 Å². The molecule has 0 spiro atoms. The first kappa shape index (κ1) is 26.7. The predicted molar refractivity (Wildman–Crippen MR) is 153 cm³/mol. The highest BCUT2D eigenvalue weighted by atomic mass is 35.5. The summed E-state index contributed by atoms with van der Waals surface area (Å²) in [6.45, 7) is 2.10. The number of aromatic nitrogens is 1. The number of hydrogen-bond acceptors (Lipinski definition) is 5. The summed E-state index contributed by atoms with van der Waals surface area (Å²) in [5, 5.41) is 25.3. The van der Waals surface area contributed by atoms with Crippen LogP contribution in [0.15, 0.2) is 59.1 Å². The van der Waals surface area contributed by atoms with E-state index in [-0.39, 0.29) is 24.0 Å². The molecule has 6 rings (SSSR count). The van der Waals surface area contributed by atoms with Crippen LogP contribution in [0.1, 0.15) is 69.5 Å². The number of carbonyl (C=O) groups is 1. The van der Waals surface area contributed by atoms with Crippen molar-refractivity contribution in [3.63, 3.8) is 0 Å². The Morgan fingerprint density at radius 1 is 1.12 bits per heavy atom. The van der Waals surface area contributed by atoms with Crippen molar-refractivity contribution in [2.24, 2.45) is 0 Å². The Morgan fingerprint density at radius 2 is 1.88 bits per heavy atom. The molecule has 2 fully saturated rings. The zero-order valence-electron chi connectivity index (χ0n) is 21.4. The quantitative estimate of drug-likeness (QED) is 0.219. The van der Waals surface area contributed by atoms with Crippen molar-refractivity contribution in [1.29, 1.82) is 5.26 Å². The molecule has 202 valence electrons. The molecule has 2 unspecified atom stereocenters. The van der Waals surface area contributed by atoms with Crippen molar-refractivity contribution in [3.05, 3.63) is 103 Å². The van der Waals surface area contributed by atoms with E-state index in [0.29, 0.717) is 44.1 Å². The summed E-state index contributed by atoms with van der Waals surface area (Å²) in [4.78, 5) is 11.5. The maximum Gasteiger partial charge on any atom is 0.335 e. The van der Waals surface area contributed by atoms with Crippen molar-refractivity contribution < 1.29 is 19.2 Å². The number of nitrogens with zero attached hydrogens (tertiary/aromatic N) is 2. The van der Waals surface area contributed by atoms with Gasteiger partial charge in [0.25, 0.3) is 0 Å². The van der Waals surface area contributed by atoms with Crippen LogP contribution in [0.5, 0.6) is 5.75 Å². The predicted octanol–water partition coefficient (Wildman–Crippen LogP) is 8.71. The molecular formula is C31H23Cl3N2O4. The standard InChI is InChI=1S/C31H23Cl3N2O4/c1-16-5-6-18(30(37)38)11-20(16)23-13-31(23,15-35)22-10-9-19(12-26(22)34)39-14-21-28(36-40-29(21)17-7-8-17)27-24(32)3-2-4-25(27)33/h2-6,9-12,17,23H,7-8,13-14H2,1H3,(H,37,38). The first-order chi connectivity index (χ1) is 19.2. The highest BCUT2D eigenvalue weighted by molar-refractivity contribution is 6.39. The fraction of sp³-hybridized carbons (Fsp3) is 0.258. The number of rotatable bonds is 8. The molecule has 2 aliphatic carbocycles. The Bertz CT molecular complexity index is 1690. The number of aryl methyl sites for hydroxylation is 1.